The SMILES string of the molecule is CC1(C)CCC(c2ccc(Cl)cc2)=C(CN2CCN(c3ccc(C(=O)NS(=O)(=O)c4ccc(N[C@H](CCN5CCN(C(=O)[C@H]6CC[C@H](CC(=O)O)CC6)CC5)CSc5ccccc5)c(S(=O)(=O)C(F)(F)F)c4)cc3)CC2)C1. The van der Waals surface area contributed by atoms with Crippen LogP contribution < -0.4 is 14.9 Å². The highest BCUT2D eigenvalue weighted by molar-refractivity contribution is 7.99. The van der Waals surface area contributed by atoms with Gasteiger partial charge < -0.3 is 20.2 Å². The maximum Gasteiger partial charge on any atom is 0.501 e. The van der Waals surface area contributed by atoms with Crippen molar-refractivity contribution >= 4 is 78.0 Å². The van der Waals surface area contributed by atoms with Gasteiger partial charge in [-0.1, -0.05) is 61.4 Å². The fourth-order valence-corrected chi connectivity index (χ4v) is 14.1. The molecule has 2 aliphatic heterocycles. The van der Waals surface area contributed by atoms with E-state index in [2.05, 4.69) is 46.0 Å². The Labute approximate surface area is 459 Å². The van der Waals surface area contributed by atoms with Crippen molar-refractivity contribution in [2.75, 3.05) is 81.4 Å². The summed E-state index contributed by atoms with van der Waals surface area (Å²) < 4.78 is 99.2. The van der Waals surface area contributed by atoms with Crippen molar-refractivity contribution in [1.82, 2.24) is 19.4 Å². The van der Waals surface area contributed by atoms with Gasteiger partial charge in [-0.15, -0.1) is 11.8 Å². The molecule has 77 heavy (non-hydrogen) atoms. The van der Waals surface area contributed by atoms with E-state index < -0.39 is 58.8 Å². The number of hydrogen-bond donors (Lipinski definition) is 3. The van der Waals surface area contributed by atoms with Crippen LogP contribution in [0.5, 0.6) is 0 Å². The molecular formula is C56H68ClF3N6O8S3. The number of aliphatic carboxylic acids is 1. The Kier molecular flexibility index (Phi) is 18.8. The molecule has 0 aromatic heterocycles. The molecule has 2 amide bonds. The number of allylic oxidation sites excluding steroid dienone is 1. The van der Waals surface area contributed by atoms with Gasteiger partial charge in [0.2, 0.25) is 5.91 Å². The molecule has 2 saturated heterocycles. The number of amides is 2. The summed E-state index contributed by atoms with van der Waals surface area (Å²) in [6, 6.07) is 25.5. The zero-order valence-corrected chi connectivity index (χ0v) is 46.6. The summed E-state index contributed by atoms with van der Waals surface area (Å²) in [5, 5.41) is 12.9. The number of sulfone groups is 1. The fraction of sp³-hybridized carbons (Fsp3) is 0.482. The van der Waals surface area contributed by atoms with Crippen molar-refractivity contribution in [3.63, 3.8) is 0 Å². The van der Waals surface area contributed by atoms with Crippen LogP contribution in [0.25, 0.3) is 5.57 Å². The van der Waals surface area contributed by atoms with Gasteiger partial charge in [0.05, 0.1) is 10.6 Å². The van der Waals surface area contributed by atoms with Crippen LogP contribution in [0.2, 0.25) is 5.02 Å². The van der Waals surface area contributed by atoms with Crippen LogP contribution in [0, 0.1) is 17.3 Å². The highest BCUT2D eigenvalue weighted by Gasteiger charge is 2.48. The van der Waals surface area contributed by atoms with Crippen molar-refractivity contribution in [3.05, 3.63) is 119 Å². The molecule has 4 aliphatic rings. The predicted octanol–water partition coefficient (Wildman–Crippen LogP) is 9.93. The minimum absolute atomic E-state index is 0.0254. The molecule has 1 atom stereocenters. The largest absolute Gasteiger partial charge is 0.501 e. The van der Waals surface area contributed by atoms with Crippen LogP contribution in [-0.4, -0.2) is 137 Å². The smallest absolute Gasteiger partial charge is 0.481 e. The van der Waals surface area contributed by atoms with Crippen molar-refractivity contribution in [3.8, 4) is 0 Å². The normalized spacial score (nSPS) is 20.4. The van der Waals surface area contributed by atoms with Gasteiger partial charge in [-0.25, -0.2) is 21.6 Å². The zero-order valence-electron chi connectivity index (χ0n) is 43.4. The first kappa shape index (κ1) is 58.0. The number of thioether (sulfide) groups is 1. The standard InChI is InChI=1S/C56H68ClF3N6O8S3/c1-55(2)24-22-49(40-12-16-44(57)17-13-40)43(36-55)37-64-28-30-65(31-29-64)46-18-14-41(15-19-46)53(69)62-77(73,74)48-20-21-50(51(35-48)76(71,72)56(58,59)60)61-45(38-75-47-6-4-3-5-7-47)23-25-63-26-32-66(33-27-63)54(70)42-10-8-39(9-11-42)34-52(67)68/h3-7,12-21,35,39,42,45,61H,8-11,22-34,36-38H2,1-2H3,(H,62,69)(H,67,68)/t39-,42-,45-/m1/s1. The minimum Gasteiger partial charge on any atom is -0.481 e. The van der Waals surface area contributed by atoms with Gasteiger partial charge in [-0.3, -0.25) is 24.2 Å². The molecule has 0 spiro atoms. The minimum atomic E-state index is -6.13. The summed E-state index contributed by atoms with van der Waals surface area (Å²) in [6.07, 6.45) is 6.26. The molecule has 1 saturated carbocycles. The lowest BCUT2D eigenvalue weighted by Crippen LogP contribution is -2.51. The predicted molar refractivity (Wildman–Crippen MR) is 295 cm³/mol. The van der Waals surface area contributed by atoms with Gasteiger partial charge in [-0.2, -0.15) is 13.2 Å². The van der Waals surface area contributed by atoms with Gasteiger partial charge in [-0.05, 0) is 141 Å². The molecule has 2 aliphatic carbocycles. The number of carbonyl (C=O) groups excluding carboxylic acids is 2. The van der Waals surface area contributed by atoms with Crippen molar-refractivity contribution in [2.24, 2.45) is 17.3 Å². The molecule has 2 heterocycles. The second kappa shape index (κ2) is 24.9. The summed E-state index contributed by atoms with van der Waals surface area (Å²) in [4.78, 5) is 45.4. The summed E-state index contributed by atoms with van der Waals surface area (Å²) in [5.74, 6) is -1.59. The van der Waals surface area contributed by atoms with Gasteiger partial charge in [0.1, 0.15) is 4.90 Å². The van der Waals surface area contributed by atoms with E-state index in [0.717, 1.165) is 74.7 Å². The van der Waals surface area contributed by atoms with E-state index in [0.29, 0.717) is 81.7 Å². The number of carbonyl (C=O) groups is 3. The number of benzene rings is 4. The molecular weight excluding hydrogens is 1070 g/mol. The van der Waals surface area contributed by atoms with Gasteiger partial charge in [0.25, 0.3) is 25.8 Å². The lowest BCUT2D eigenvalue weighted by atomic mass is 9.73. The van der Waals surface area contributed by atoms with E-state index in [4.69, 9.17) is 16.7 Å². The molecule has 416 valence electrons. The molecule has 0 unspecified atom stereocenters. The Morgan fingerprint density at radius 2 is 1.47 bits per heavy atom. The summed E-state index contributed by atoms with van der Waals surface area (Å²) in [5.41, 5.74) is -1.21. The van der Waals surface area contributed by atoms with Gasteiger partial charge in [0.15, 0.2) is 0 Å². The third kappa shape index (κ3) is 15.2. The summed E-state index contributed by atoms with van der Waals surface area (Å²) in [7, 11) is -11.0. The molecule has 0 radical (unpaired) electrons. The first-order chi connectivity index (χ1) is 36.5. The number of alkyl halides is 3. The number of carboxylic acid groups (broad SMARTS) is 1. The Balaban J connectivity index is 0.903. The Morgan fingerprint density at radius 1 is 0.818 bits per heavy atom. The lowest BCUT2D eigenvalue weighted by molar-refractivity contribution is -0.139. The van der Waals surface area contributed by atoms with E-state index in [1.807, 2.05) is 52.1 Å². The molecule has 0 bridgehead atoms. The zero-order chi connectivity index (χ0) is 55.1. The molecule has 14 nitrogen and oxygen atoms in total. The van der Waals surface area contributed by atoms with E-state index in [9.17, 15) is 44.4 Å². The Morgan fingerprint density at radius 3 is 2.10 bits per heavy atom. The fourth-order valence-electron chi connectivity index (χ4n) is 11.0. The number of anilines is 2. The number of piperazine rings is 2. The second-order valence-electron chi connectivity index (χ2n) is 21.5. The van der Waals surface area contributed by atoms with E-state index in [1.54, 1.807) is 12.1 Å². The van der Waals surface area contributed by atoms with Crippen molar-refractivity contribution < 1.29 is 49.5 Å². The van der Waals surface area contributed by atoms with E-state index in [-0.39, 0.29) is 35.1 Å². The molecule has 21 heteroatoms. The number of nitrogens with one attached hydrogen (secondary N) is 2. The maximum atomic E-state index is 14.4. The summed E-state index contributed by atoms with van der Waals surface area (Å²) in [6.45, 7) is 11.0. The average Bonchev–Trinajstić information content (AvgIpc) is 3.42. The lowest BCUT2D eigenvalue weighted by Gasteiger charge is -2.39. The highest BCUT2D eigenvalue weighted by atomic mass is 35.5. The molecule has 4 aromatic carbocycles. The van der Waals surface area contributed by atoms with Crippen LogP contribution >= 0.6 is 23.4 Å². The first-order valence-corrected chi connectivity index (χ1v) is 30.6. The van der Waals surface area contributed by atoms with Crippen LogP contribution in [-0.2, 0) is 29.4 Å². The number of rotatable bonds is 19. The second-order valence-corrected chi connectivity index (χ2v) is 26.6. The summed E-state index contributed by atoms with van der Waals surface area (Å²) >= 11 is 7.61. The van der Waals surface area contributed by atoms with Gasteiger partial charge in [0, 0.05) is 111 Å². The quantitative estimate of drug-likeness (QED) is 0.0757. The highest BCUT2D eigenvalue weighted by Crippen LogP contribution is 2.43. The molecule has 4 aromatic rings. The third-order valence-electron chi connectivity index (χ3n) is 15.4. The number of halogens is 4. The van der Waals surface area contributed by atoms with E-state index >= 15 is 0 Å². The van der Waals surface area contributed by atoms with Crippen LogP contribution in [0.1, 0.15) is 87.6 Å². The molecule has 8 rings (SSSR count). The number of nitrogens with zero attached hydrogens (tertiary/aromatic N) is 4. The first-order valence-electron chi connectivity index (χ1n) is 26.3. The van der Waals surface area contributed by atoms with Crippen LogP contribution in [0.3, 0.4) is 0 Å². The maximum absolute atomic E-state index is 14.4. The molecule has 3 fully saturated rings. The number of hydrogen-bond acceptors (Lipinski definition) is 12. The van der Waals surface area contributed by atoms with Gasteiger partial charge >= 0.3 is 11.5 Å². The van der Waals surface area contributed by atoms with Crippen molar-refractivity contribution in [2.45, 2.75) is 97.9 Å². The monoisotopic (exact) mass is 1140 g/mol. The van der Waals surface area contributed by atoms with Crippen LogP contribution in [0.4, 0.5) is 24.5 Å². The van der Waals surface area contributed by atoms with Crippen LogP contribution in [0.15, 0.2) is 117 Å². The molecule has 3 N–H and O–H groups in total. The van der Waals surface area contributed by atoms with E-state index in [1.165, 1.54) is 40.6 Å². The average molecular weight is 1140 g/mol. The third-order valence-corrected chi connectivity index (χ3v) is 19.7. The number of sulfonamides is 1. The number of carboxylic acids is 1. The Bertz CT molecular complexity index is 2980. The van der Waals surface area contributed by atoms with Crippen molar-refractivity contribution in [1.29, 1.82) is 0 Å². The topological polar surface area (TPSA) is 177 Å². The Hall–Kier alpha value is -5.12.